The van der Waals surface area contributed by atoms with Gasteiger partial charge in [0, 0.05) is 17.7 Å². The van der Waals surface area contributed by atoms with E-state index in [0.29, 0.717) is 17.9 Å². The van der Waals surface area contributed by atoms with Crippen molar-refractivity contribution in [1.82, 2.24) is 14.8 Å². The maximum Gasteiger partial charge on any atom is 0.226 e. The van der Waals surface area contributed by atoms with Crippen LogP contribution in [-0.2, 0) is 4.79 Å². The van der Waals surface area contributed by atoms with Crippen LogP contribution in [0.4, 0.5) is 10.3 Å². The van der Waals surface area contributed by atoms with Crippen LogP contribution in [0, 0.1) is 5.82 Å². The van der Waals surface area contributed by atoms with E-state index in [1.807, 2.05) is 18.2 Å². The predicted molar refractivity (Wildman–Crippen MR) is 98.6 cm³/mol. The number of rotatable bonds is 2. The van der Waals surface area contributed by atoms with Crippen LogP contribution in [0.5, 0.6) is 0 Å². The van der Waals surface area contributed by atoms with E-state index in [9.17, 15) is 9.18 Å². The first-order valence-corrected chi connectivity index (χ1v) is 8.94. The molecular weight excluding hydrogens is 343 g/mol. The van der Waals surface area contributed by atoms with Crippen molar-refractivity contribution in [3.63, 3.8) is 0 Å². The number of hydrogen-bond acceptors (Lipinski definition) is 4. The molecule has 0 amide bonds. The third-order valence-electron chi connectivity index (χ3n) is 5.32. The van der Waals surface area contributed by atoms with Crippen molar-refractivity contribution in [2.75, 3.05) is 5.32 Å². The van der Waals surface area contributed by atoms with Crippen LogP contribution in [0.1, 0.15) is 35.9 Å². The zero-order chi connectivity index (χ0) is 18.4. The lowest BCUT2D eigenvalue weighted by Crippen LogP contribution is -2.33. The van der Waals surface area contributed by atoms with Gasteiger partial charge < -0.3 is 5.32 Å². The number of fused-ring (bicyclic) bond motifs is 1. The second-order valence-electron chi connectivity index (χ2n) is 6.94. The molecule has 1 aliphatic heterocycles. The predicted octanol–water partition coefficient (Wildman–Crippen LogP) is 3.83. The lowest BCUT2D eigenvalue weighted by atomic mass is 9.78. The molecule has 5 nitrogen and oxygen atoms in total. The number of anilines is 1. The molecule has 1 N–H and O–H groups in total. The summed E-state index contributed by atoms with van der Waals surface area (Å²) in [6.07, 6.45) is 2.65. The van der Waals surface area contributed by atoms with Gasteiger partial charge >= 0.3 is 0 Å². The molecule has 27 heavy (non-hydrogen) atoms. The summed E-state index contributed by atoms with van der Waals surface area (Å²) in [5, 5.41) is 7.60. The van der Waals surface area contributed by atoms with E-state index in [2.05, 4.69) is 27.5 Å². The number of allylic oxidation sites excluding steroid dienone is 2. The maximum absolute atomic E-state index is 13.4. The average Bonchev–Trinajstić information content (AvgIpc) is 3.16. The van der Waals surface area contributed by atoms with Crippen molar-refractivity contribution in [1.29, 1.82) is 0 Å². The number of nitrogens with zero attached hydrogens (tertiary/aromatic N) is 3. The number of carbonyl (C=O) groups excluding carboxylic acids is 1. The Bertz CT molecular complexity index is 1040. The average molecular weight is 360 g/mol. The highest BCUT2D eigenvalue weighted by Crippen LogP contribution is 2.43. The molecule has 2 unspecified atom stereocenters. The molecule has 6 heteroatoms. The number of nitrogens with one attached hydrogen (secondary N) is 1. The van der Waals surface area contributed by atoms with Crippen LogP contribution in [-0.4, -0.2) is 20.5 Å². The minimum absolute atomic E-state index is 0.0908. The highest BCUT2D eigenvalue weighted by atomic mass is 19.1. The third-order valence-corrected chi connectivity index (χ3v) is 5.32. The summed E-state index contributed by atoms with van der Waals surface area (Å²) in [5.74, 6) is 0.519. The van der Waals surface area contributed by atoms with E-state index < -0.39 is 0 Å². The van der Waals surface area contributed by atoms with Crippen molar-refractivity contribution in [2.45, 2.75) is 24.8 Å². The van der Waals surface area contributed by atoms with Gasteiger partial charge in [0.05, 0.1) is 0 Å². The van der Waals surface area contributed by atoms with Crippen LogP contribution in [0.15, 0.2) is 72.2 Å². The summed E-state index contributed by atoms with van der Waals surface area (Å²) < 4.78 is 15.1. The van der Waals surface area contributed by atoms with Gasteiger partial charge in [0.1, 0.15) is 18.2 Å². The van der Waals surface area contributed by atoms with Gasteiger partial charge in [-0.05, 0) is 35.6 Å². The summed E-state index contributed by atoms with van der Waals surface area (Å²) in [6.45, 7) is 0. The highest BCUT2D eigenvalue weighted by Gasteiger charge is 2.39. The zero-order valence-electron chi connectivity index (χ0n) is 14.5. The number of carbonyl (C=O) groups is 1. The molecule has 5 rings (SSSR count). The van der Waals surface area contributed by atoms with Crippen LogP contribution in [0.3, 0.4) is 0 Å². The van der Waals surface area contributed by atoms with E-state index in [1.54, 1.807) is 16.8 Å². The summed E-state index contributed by atoms with van der Waals surface area (Å²) in [4.78, 5) is 17.4. The number of Topliss-reactive ketones (excluding diaryl/α,β-unsaturated/α-hetero) is 1. The Morgan fingerprint density at radius 2 is 1.78 bits per heavy atom. The molecule has 1 aromatic heterocycles. The van der Waals surface area contributed by atoms with E-state index >= 15 is 0 Å². The second kappa shape index (κ2) is 6.16. The lowest BCUT2D eigenvalue weighted by Gasteiger charge is -2.35. The first-order valence-electron chi connectivity index (χ1n) is 8.94. The molecular formula is C21H17FN4O. The van der Waals surface area contributed by atoms with Crippen molar-refractivity contribution in [2.24, 2.45) is 0 Å². The summed E-state index contributed by atoms with van der Waals surface area (Å²) in [6, 6.07) is 15.9. The first-order chi connectivity index (χ1) is 13.2. The maximum atomic E-state index is 13.4. The quantitative estimate of drug-likeness (QED) is 0.754. The molecule has 0 bridgehead atoms. The lowest BCUT2D eigenvalue weighted by molar-refractivity contribution is -0.116. The Morgan fingerprint density at radius 1 is 1.00 bits per heavy atom. The van der Waals surface area contributed by atoms with E-state index in [0.717, 1.165) is 23.2 Å². The molecule has 1 aliphatic carbocycles. The van der Waals surface area contributed by atoms with Crippen LogP contribution < -0.4 is 5.32 Å². The normalized spacial score (nSPS) is 21.4. The van der Waals surface area contributed by atoms with Crippen molar-refractivity contribution < 1.29 is 9.18 Å². The Morgan fingerprint density at radius 3 is 2.56 bits per heavy atom. The van der Waals surface area contributed by atoms with Crippen LogP contribution in [0.2, 0.25) is 0 Å². The molecule has 0 radical (unpaired) electrons. The van der Waals surface area contributed by atoms with E-state index in [1.165, 1.54) is 18.5 Å². The van der Waals surface area contributed by atoms with Gasteiger partial charge in [-0.1, -0.05) is 42.5 Å². The molecule has 0 fully saturated rings. The van der Waals surface area contributed by atoms with Crippen LogP contribution >= 0.6 is 0 Å². The smallest absolute Gasteiger partial charge is 0.226 e. The highest BCUT2D eigenvalue weighted by molar-refractivity contribution is 6.00. The van der Waals surface area contributed by atoms with Crippen molar-refractivity contribution in [3.05, 3.63) is 89.1 Å². The molecule has 0 spiro atoms. The number of ketones is 1. The van der Waals surface area contributed by atoms with Gasteiger partial charge in [0.2, 0.25) is 5.95 Å². The SMILES string of the molecule is O=C1CC(c2ccccc2)CC2=C1C(c1ccc(F)cc1)n1ncnc1N2. The van der Waals surface area contributed by atoms with E-state index in [4.69, 9.17) is 0 Å². The first kappa shape index (κ1) is 15.9. The Kier molecular flexibility index (Phi) is 3.63. The number of aromatic nitrogens is 3. The summed E-state index contributed by atoms with van der Waals surface area (Å²) in [5.41, 5.74) is 3.56. The monoisotopic (exact) mass is 360 g/mol. The molecule has 2 atom stereocenters. The molecule has 2 heterocycles. The third kappa shape index (κ3) is 2.65. The van der Waals surface area contributed by atoms with Crippen molar-refractivity contribution in [3.8, 4) is 0 Å². The second-order valence-corrected chi connectivity index (χ2v) is 6.94. The number of halogens is 1. The Balaban J connectivity index is 1.60. The standard InChI is InChI=1S/C21H17FN4O/c22-16-8-6-14(7-9-16)20-19-17(25-21-23-12-24-26(20)21)10-15(11-18(19)27)13-4-2-1-3-5-13/h1-9,12,15,20H,10-11H2,(H,23,24,25). The molecule has 0 saturated heterocycles. The number of benzene rings is 2. The summed E-state index contributed by atoms with van der Waals surface area (Å²) >= 11 is 0. The fraction of sp³-hybridized carbons (Fsp3) is 0.190. The largest absolute Gasteiger partial charge is 0.328 e. The zero-order valence-corrected chi connectivity index (χ0v) is 14.5. The number of hydrogen-bond donors (Lipinski definition) is 1. The topological polar surface area (TPSA) is 59.8 Å². The van der Waals surface area contributed by atoms with Gasteiger partial charge in [-0.2, -0.15) is 10.1 Å². The molecule has 0 saturated carbocycles. The molecule has 2 aliphatic rings. The van der Waals surface area contributed by atoms with E-state index in [-0.39, 0.29) is 23.6 Å². The fourth-order valence-corrected chi connectivity index (χ4v) is 4.07. The Hall–Kier alpha value is -3.28. The van der Waals surface area contributed by atoms with Gasteiger partial charge in [0.25, 0.3) is 0 Å². The van der Waals surface area contributed by atoms with Crippen molar-refractivity contribution >= 4 is 11.7 Å². The minimum Gasteiger partial charge on any atom is -0.328 e. The summed E-state index contributed by atoms with van der Waals surface area (Å²) in [7, 11) is 0. The van der Waals surface area contributed by atoms with Gasteiger partial charge in [-0.15, -0.1) is 0 Å². The van der Waals surface area contributed by atoms with Gasteiger partial charge in [-0.25, -0.2) is 9.07 Å². The van der Waals surface area contributed by atoms with Gasteiger partial charge in [0.15, 0.2) is 5.78 Å². The molecule has 3 aromatic rings. The fourth-order valence-electron chi connectivity index (χ4n) is 4.07. The minimum atomic E-state index is -0.386. The van der Waals surface area contributed by atoms with Gasteiger partial charge in [-0.3, -0.25) is 4.79 Å². The van der Waals surface area contributed by atoms with Crippen LogP contribution in [0.25, 0.3) is 0 Å². The molecule has 134 valence electrons. The Labute approximate surface area is 155 Å². The molecule has 2 aromatic carbocycles.